The summed E-state index contributed by atoms with van der Waals surface area (Å²) in [5.41, 5.74) is 0.662. The first-order valence-corrected chi connectivity index (χ1v) is 6.95. The number of amides is 3. The molecule has 1 aromatic carbocycles. The maximum Gasteiger partial charge on any atom is 0.321 e. The van der Waals surface area contributed by atoms with Crippen molar-refractivity contribution in [1.82, 2.24) is 10.2 Å². The molecule has 7 nitrogen and oxygen atoms in total. The Morgan fingerprint density at radius 1 is 1.14 bits per heavy atom. The van der Waals surface area contributed by atoms with Crippen molar-refractivity contribution < 1.29 is 19.1 Å². The third-order valence-corrected chi connectivity index (χ3v) is 2.88. The van der Waals surface area contributed by atoms with Gasteiger partial charge in [0.1, 0.15) is 0 Å². The molecular weight excluding hydrogens is 286 g/mol. The number of esters is 1. The van der Waals surface area contributed by atoms with Gasteiger partial charge in [0, 0.05) is 32.2 Å². The predicted octanol–water partition coefficient (Wildman–Crippen LogP) is 1.22. The summed E-state index contributed by atoms with van der Waals surface area (Å²) in [5.74, 6) is -0.562. The van der Waals surface area contributed by atoms with Gasteiger partial charge in [-0.05, 0) is 12.1 Å². The first-order chi connectivity index (χ1) is 10.5. The Hall–Kier alpha value is -2.57. The maximum atomic E-state index is 12.2. The van der Waals surface area contributed by atoms with E-state index in [1.807, 2.05) is 18.2 Å². The van der Waals surface area contributed by atoms with Crippen LogP contribution in [0.1, 0.15) is 13.3 Å². The minimum atomic E-state index is -0.392. The van der Waals surface area contributed by atoms with Crippen LogP contribution in [0.3, 0.4) is 0 Å². The topological polar surface area (TPSA) is 87.7 Å². The highest BCUT2D eigenvalue weighted by molar-refractivity contribution is 5.89. The van der Waals surface area contributed by atoms with Crippen molar-refractivity contribution in [2.45, 2.75) is 13.3 Å². The van der Waals surface area contributed by atoms with Crippen LogP contribution < -0.4 is 10.6 Å². The number of carbonyl (C=O) groups is 3. The van der Waals surface area contributed by atoms with Crippen molar-refractivity contribution in [1.29, 1.82) is 0 Å². The molecule has 0 aliphatic carbocycles. The number of para-hydroxylation sites is 1. The minimum absolute atomic E-state index is 0.0960. The van der Waals surface area contributed by atoms with E-state index in [1.54, 1.807) is 12.1 Å². The lowest BCUT2D eigenvalue weighted by Gasteiger charge is -2.22. The van der Waals surface area contributed by atoms with Crippen LogP contribution in [0.4, 0.5) is 10.5 Å². The summed E-state index contributed by atoms with van der Waals surface area (Å²) in [6, 6.07) is 8.67. The van der Waals surface area contributed by atoms with Gasteiger partial charge >= 0.3 is 12.0 Å². The largest absolute Gasteiger partial charge is 0.469 e. The highest BCUT2D eigenvalue weighted by Crippen LogP contribution is 2.07. The van der Waals surface area contributed by atoms with E-state index in [4.69, 9.17) is 0 Å². The Morgan fingerprint density at radius 3 is 2.41 bits per heavy atom. The third kappa shape index (κ3) is 6.74. The van der Waals surface area contributed by atoms with Gasteiger partial charge in [-0.1, -0.05) is 18.2 Å². The van der Waals surface area contributed by atoms with E-state index in [0.29, 0.717) is 18.8 Å². The molecule has 0 fully saturated rings. The molecule has 0 saturated carbocycles. The quantitative estimate of drug-likeness (QED) is 0.741. The molecule has 0 atom stereocenters. The van der Waals surface area contributed by atoms with E-state index >= 15 is 0 Å². The molecule has 3 amide bonds. The zero-order valence-corrected chi connectivity index (χ0v) is 12.8. The average Bonchev–Trinajstić information content (AvgIpc) is 2.50. The van der Waals surface area contributed by atoms with Gasteiger partial charge in [-0.15, -0.1) is 0 Å². The van der Waals surface area contributed by atoms with Crippen molar-refractivity contribution in [3.8, 4) is 0 Å². The molecule has 1 rings (SSSR count). The van der Waals surface area contributed by atoms with Gasteiger partial charge in [0.05, 0.1) is 13.5 Å². The van der Waals surface area contributed by atoms with Gasteiger partial charge in [-0.25, -0.2) is 4.79 Å². The van der Waals surface area contributed by atoms with Crippen molar-refractivity contribution in [3.63, 3.8) is 0 Å². The number of hydrogen-bond acceptors (Lipinski definition) is 4. The minimum Gasteiger partial charge on any atom is -0.469 e. The molecular formula is C15H21N3O4. The van der Waals surface area contributed by atoms with Crippen LogP contribution in [0.15, 0.2) is 30.3 Å². The number of benzene rings is 1. The maximum absolute atomic E-state index is 12.2. The molecule has 0 unspecified atom stereocenters. The number of hydrogen-bond donors (Lipinski definition) is 2. The number of rotatable bonds is 7. The lowest BCUT2D eigenvalue weighted by atomic mass is 10.3. The molecule has 0 saturated heterocycles. The molecule has 0 heterocycles. The van der Waals surface area contributed by atoms with E-state index in [2.05, 4.69) is 15.4 Å². The Kier molecular flexibility index (Phi) is 7.45. The van der Waals surface area contributed by atoms with Crippen molar-refractivity contribution in [3.05, 3.63) is 30.3 Å². The molecule has 1 aromatic rings. The van der Waals surface area contributed by atoms with Crippen molar-refractivity contribution >= 4 is 23.6 Å². The molecule has 0 aliphatic rings. The second-order valence-corrected chi connectivity index (χ2v) is 4.59. The molecule has 0 bridgehead atoms. The Labute approximate surface area is 129 Å². The highest BCUT2D eigenvalue weighted by atomic mass is 16.5. The number of urea groups is 1. The number of carbonyl (C=O) groups excluding carboxylic acids is 3. The zero-order valence-electron chi connectivity index (χ0n) is 12.8. The lowest BCUT2D eigenvalue weighted by molar-refractivity contribution is -0.140. The summed E-state index contributed by atoms with van der Waals surface area (Å²) in [5, 5.41) is 5.36. The molecule has 0 spiro atoms. The summed E-state index contributed by atoms with van der Waals surface area (Å²) >= 11 is 0. The Morgan fingerprint density at radius 2 is 1.82 bits per heavy atom. The fourth-order valence-electron chi connectivity index (χ4n) is 1.73. The van der Waals surface area contributed by atoms with E-state index in [1.165, 1.54) is 18.9 Å². The number of methoxy groups -OCH3 is 1. The zero-order chi connectivity index (χ0) is 16.4. The standard InChI is InChI=1S/C15H21N3O4/c1-12(19)16-9-11-18(10-8-14(20)22-2)15(21)17-13-6-4-3-5-7-13/h3-7H,8-11H2,1-2H3,(H,16,19)(H,17,21). The summed E-state index contributed by atoms with van der Waals surface area (Å²) < 4.78 is 4.57. The molecule has 2 N–H and O–H groups in total. The van der Waals surface area contributed by atoms with Crippen LogP contribution in [0.5, 0.6) is 0 Å². The van der Waals surface area contributed by atoms with Crippen LogP contribution in [0.25, 0.3) is 0 Å². The second kappa shape index (κ2) is 9.38. The number of nitrogens with one attached hydrogen (secondary N) is 2. The summed E-state index contributed by atoms with van der Waals surface area (Å²) in [4.78, 5) is 35.8. The van der Waals surface area contributed by atoms with Crippen molar-refractivity contribution in [2.24, 2.45) is 0 Å². The first-order valence-electron chi connectivity index (χ1n) is 6.95. The van der Waals surface area contributed by atoms with Gasteiger partial charge < -0.3 is 20.3 Å². The molecule has 0 aromatic heterocycles. The molecule has 120 valence electrons. The molecule has 22 heavy (non-hydrogen) atoms. The van der Waals surface area contributed by atoms with E-state index in [-0.39, 0.29) is 24.9 Å². The highest BCUT2D eigenvalue weighted by Gasteiger charge is 2.15. The number of anilines is 1. The third-order valence-electron chi connectivity index (χ3n) is 2.88. The van der Waals surface area contributed by atoms with Gasteiger partial charge in [-0.3, -0.25) is 9.59 Å². The molecule has 0 radical (unpaired) electrons. The van der Waals surface area contributed by atoms with Crippen molar-refractivity contribution in [2.75, 3.05) is 32.1 Å². The average molecular weight is 307 g/mol. The van der Waals surface area contributed by atoms with Crippen LogP contribution in [-0.2, 0) is 14.3 Å². The number of ether oxygens (including phenoxy) is 1. The van der Waals surface area contributed by atoms with Crippen LogP contribution in [0.2, 0.25) is 0 Å². The monoisotopic (exact) mass is 307 g/mol. The Balaban J connectivity index is 2.59. The predicted molar refractivity (Wildman–Crippen MR) is 82.4 cm³/mol. The summed E-state index contributed by atoms with van der Waals surface area (Å²) in [7, 11) is 1.30. The smallest absolute Gasteiger partial charge is 0.321 e. The molecule has 0 aliphatic heterocycles. The van der Waals surface area contributed by atoms with Gasteiger partial charge in [0.15, 0.2) is 0 Å². The van der Waals surface area contributed by atoms with Gasteiger partial charge in [0.25, 0.3) is 0 Å². The van der Waals surface area contributed by atoms with Crippen LogP contribution in [-0.4, -0.2) is 49.6 Å². The Bertz CT molecular complexity index is 505. The fourth-order valence-corrected chi connectivity index (χ4v) is 1.73. The lowest BCUT2D eigenvalue weighted by Crippen LogP contribution is -2.41. The SMILES string of the molecule is COC(=O)CCN(CCNC(C)=O)C(=O)Nc1ccccc1. The normalized spacial score (nSPS) is 9.73. The fraction of sp³-hybridized carbons (Fsp3) is 0.400. The van der Waals surface area contributed by atoms with E-state index in [9.17, 15) is 14.4 Å². The molecule has 7 heteroatoms. The summed E-state index contributed by atoms with van der Waals surface area (Å²) in [6.07, 6.45) is 0.0960. The summed E-state index contributed by atoms with van der Waals surface area (Å²) in [6.45, 7) is 2.24. The second-order valence-electron chi connectivity index (χ2n) is 4.59. The number of nitrogens with zero attached hydrogens (tertiary/aromatic N) is 1. The van der Waals surface area contributed by atoms with E-state index < -0.39 is 5.97 Å². The van der Waals surface area contributed by atoms with Crippen LogP contribution >= 0.6 is 0 Å². The van der Waals surface area contributed by atoms with Crippen LogP contribution in [0, 0.1) is 0 Å². The van der Waals surface area contributed by atoms with Gasteiger partial charge in [0.2, 0.25) is 5.91 Å². The first kappa shape index (κ1) is 17.5. The van der Waals surface area contributed by atoms with E-state index in [0.717, 1.165) is 0 Å². The van der Waals surface area contributed by atoms with Gasteiger partial charge in [-0.2, -0.15) is 0 Å².